The number of nitrogens with two attached hydrogens (primary N) is 1. The van der Waals surface area contributed by atoms with Crippen molar-refractivity contribution in [2.24, 2.45) is 5.73 Å². The van der Waals surface area contributed by atoms with Gasteiger partial charge in [-0.25, -0.2) is 0 Å². The molecule has 0 heterocycles. The van der Waals surface area contributed by atoms with E-state index in [0.29, 0.717) is 13.0 Å². The normalized spacial score (nSPS) is 12.1. The topological polar surface area (TPSA) is 52.3 Å². The molecule has 0 aromatic heterocycles. The first-order chi connectivity index (χ1) is 7.24. The molecule has 0 spiro atoms. The number of carbonyl (C=O) groups excluding carboxylic acids is 1. The van der Waals surface area contributed by atoms with Crippen LogP contribution >= 0.6 is 0 Å². The van der Waals surface area contributed by atoms with Gasteiger partial charge in [0.15, 0.2) is 0 Å². The molecular formula is C12H17NO2. The van der Waals surface area contributed by atoms with Crippen LogP contribution in [-0.2, 0) is 16.0 Å². The van der Waals surface area contributed by atoms with E-state index < -0.39 is 6.04 Å². The van der Waals surface area contributed by atoms with Gasteiger partial charge in [-0.05, 0) is 18.4 Å². The van der Waals surface area contributed by atoms with Gasteiger partial charge in [0.2, 0.25) is 0 Å². The Bertz CT molecular complexity index is 298. The predicted molar refractivity (Wildman–Crippen MR) is 59.4 cm³/mol. The summed E-state index contributed by atoms with van der Waals surface area (Å²) in [5.74, 6) is -0.319. The van der Waals surface area contributed by atoms with Gasteiger partial charge in [0.25, 0.3) is 0 Å². The minimum atomic E-state index is -0.557. The van der Waals surface area contributed by atoms with Crippen molar-refractivity contribution < 1.29 is 9.53 Å². The van der Waals surface area contributed by atoms with E-state index in [2.05, 4.69) is 0 Å². The molecule has 0 saturated heterocycles. The molecule has 1 aromatic carbocycles. The lowest BCUT2D eigenvalue weighted by molar-refractivity contribution is -0.145. The zero-order valence-corrected chi connectivity index (χ0v) is 8.98. The standard InChI is InChI=1S/C12H17NO2/c1-2-8-15-12(14)11(13)9-10-6-4-3-5-7-10/h3-7,11H,2,8-9,13H2,1H3. The van der Waals surface area contributed by atoms with Gasteiger partial charge >= 0.3 is 5.97 Å². The number of carbonyl (C=O) groups is 1. The van der Waals surface area contributed by atoms with E-state index in [1.54, 1.807) is 0 Å². The SMILES string of the molecule is CCCOC(=O)C(N)Cc1ccccc1. The summed E-state index contributed by atoms with van der Waals surface area (Å²) in [5, 5.41) is 0. The third-order valence-corrected chi connectivity index (χ3v) is 2.05. The maximum Gasteiger partial charge on any atom is 0.323 e. The molecule has 0 fully saturated rings. The summed E-state index contributed by atoms with van der Waals surface area (Å²) in [4.78, 5) is 11.4. The van der Waals surface area contributed by atoms with Gasteiger partial charge in [0.05, 0.1) is 6.61 Å². The average molecular weight is 207 g/mol. The molecule has 82 valence electrons. The van der Waals surface area contributed by atoms with E-state index in [4.69, 9.17) is 10.5 Å². The maximum atomic E-state index is 11.4. The van der Waals surface area contributed by atoms with Gasteiger partial charge in [-0.15, -0.1) is 0 Å². The molecule has 1 atom stereocenters. The summed E-state index contributed by atoms with van der Waals surface area (Å²) in [5.41, 5.74) is 6.77. The van der Waals surface area contributed by atoms with Gasteiger partial charge in [0, 0.05) is 0 Å². The van der Waals surface area contributed by atoms with Crippen LogP contribution in [0.1, 0.15) is 18.9 Å². The van der Waals surface area contributed by atoms with Crippen molar-refractivity contribution in [1.29, 1.82) is 0 Å². The molecule has 1 unspecified atom stereocenters. The summed E-state index contributed by atoms with van der Waals surface area (Å²) < 4.78 is 4.96. The van der Waals surface area contributed by atoms with Crippen LogP contribution < -0.4 is 5.73 Å². The van der Waals surface area contributed by atoms with Gasteiger partial charge in [-0.3, -0.25) is 4.79 Å². The van der Waals surface area contributed by atoms with Gasteiger partial charge in [-0.2, -0.15) is 0 Å². The summed E-state index contributed by atoms with van der Waals surface area (Å²) >= 11 is 0. The molecule has 3 heteroatoms. The third kappa shape index (κ3) is 4.13. The summed E-state index contributed by atoms with van der Waals surface area (Å²) in [7, 11) is 0. The van der Waals surface area contributed by atoms with Crippen LogP contribution in [-0.4, -0.2) is 18.6 Å². The van der Waals surface area contributed by atoms with Crippen molar-refractivity contribution in [2.45, 2.75) is 25.8 Å². The highest BCUT2D eigenvalue weighted by Gasteiger charge is 2.14. The Hall–Kier alpha value is -1.35. The van der Waals surface area contributed by atoms with Crippen LogP contribution in [0.2, 0.25) is 0 Å². The van der Waals surface area contributed by atoms with Crippen LogP contribution in [0, 0.1) is 0 Å². The van der Waals surface area contributed by atoms with Crippen LogP contribution in [0.3, 0.4) is 0 Å². The molecule has 0 aliphatic carbocycles. The van der Waals surface area contributed by atoms with Gasteiger partial charge < -0.3 is 10.5 Å². The highest BCUT2D eigenvalue weighted by molar-refractivity contribution is 5.75. The molecule has 2 N–H and O–H groups in total. The van der Waals surface area contributed by atoms with Crippen molar-refractivity contribution >= 4 is 5.97 Å². The lowest BCUT2D eigenvalue weighted by Gasteiger charge is -2.10. The number of ether oxygens (including phenoxy) is 1. The fraction of sp³-hybridized carbons (Fsp3) is 0.417. The lowest BCUT2D eigenvalue weighted by atomic mass is 10.1. The molecule has 1 rings (SSSR count). The molecule has 0 aliphatic rings. The molecule has 0 amide bonds. The van der Waals surface area contributed by atoms with Crippen molar-refractivity contribution in [3.63, 3.8) is 0 Å². The van der Waals surface area contributed by atoms with E-state index in [-0.39, 0.29) is 5.97 Å². The first-order valence-corrected chi connectivity index (χ1v) is 5.20. The van der Waals surface area contributed by atoms with Crippen LogP contribution in [0.5, 0.6) is 0 Å². The highest BCUT2D eigenvalue weighted by Crippen LogP contribution is 2.02. The molecule has 0 saturated carbocycles. The van der Waals surface area contributed by atoms with Crippen LogP contribution in [0.4, 0.5) is 0 Å². The zero-order chi connectivity index (χ0) is 11.1. The van der Waals surface area contributed by atoms with Crippen molar-refractivity contribution in [2.75, 3.05) is 6.61 Å². The Balaban J connectivity index is 2.41. The average Bonchev–Trinajstić information content (AvgIpc) is 2.27. The largest absolute Gasteiger partial charge is 0.465 e. The van der Waals surface area contributed by atoms with E-state index in [0.717, 1.165) is 12.0 Å². The van der Waals surface area contributed by atoms with Crippen molar-refractivity contribution in [3.05, 3.63) is 35.9 Å². The van der Waals surface area contributed by atoms with Gasteiger partial charge in [-0.1, -0.05) is 37.3 Å². The fourth-order valence-corrected chi connectivity index (χ4v) is 1.26. The Morgan fingerprint density at radius 3 is 2.67 bits per heavy atom. The summed E-state index contributed by atoms with van der Waals surface area (Å²) in [6.07, 6.45) is 1.35. The smallest absolute Gasteiger partial charge is 0.323 e. The van der Waals surface area contributed by atoms with E-state index in [9.17, 15) is 4.79 Å². The minimum absolute atomic E-state index is 0.319. The molecule has 3 nitrogen and oxygen atoms in total. The first kappa shape index (κ1) is 11.7. The monoisotopic (exact) mass is 207 g/mol. The third-order valence-electron chi connectivity index (χ3n) is 2.05. The van der Waals surface area contributed by atoms with E-state index >= 15 is 0 Å². The number of benzene rings is 1. The molecular weight excluding hydrogens is 190 g/mol. The van der Waals surface area contributed by atoms with Crippen molar-refractivity contribution in [3.8, 4) is 0 Å². The molecule has 0 radical (unpaired) electrons. The van der Waals surface area contributed by atoms with E-state index in [1.807, 2.05) is 37.3 Å². The fourth-order valence-electron chi connectivity index (χ4n) is 1.26. The van der Waals surface area contributed by atoms with E-state index in [1.165, 1.54) is 0 Å². The molecule has 1 aromatic rings. The van der Waals surface area contributed by atoms with Crippen molar-refractivity contribution in [1.82, 2.24) is 0 Å². The first-order valence-electron chi connectivity index (χ1n) is 5.20. The Morgan fingerprint density at radius 2 is 2.07 bits per heavy atom. The Kier molecular flexibility index (Phi) is 4.84. The Labute approximate surface area is 90.2 Å². The highest BCUT2D eigenvalue weighted by atomic mass is 16.5. The minimum Gasteiger partial charge on any atom is -0.465 e. The second-order valence-electron chi connectivity index (χ2n) is 3.46. The quantitative estimate of drug-likeness (QED) is 0.744. The number of hydrogen-bond acceptors (Lipinski definition) is 3. The van der Waals surface area contributed by atoms with Crippen LogP contribution in [0.25, 0.3) is 0 Å². The summed E-state index contributed by atoms with van der Waals surface area (Å²) in [6, 6.07) is 9.14. The van der Waals surface area contributed by atoms with Crippen LogP contribution in [0.15, 0.2) is 30.3 Å². The Morgan fingerprint density at radius 1 is 1.40 bits per heavy atom. The molecule has 0 aliphatic heterocycles. The molecule has 0 bridgehead atoms. The maximum absolute atomic E-state index is 11.4. The second-order valence-corrected chi connectivity index (χ2v) is 3.46. The lowest BCUT2D eigenvalue weighted by Crippen LogP contribution is -2.34. The molecule has 15 heavy (non-hydrogen) atoms. The summed E-state index contributed by atoms with van der Waals surface area (Å²) in [6.45, 7) is 2.40. The number of rotatable bonds is 5. The number of hydrogen-bond donors (Lipinski definition) is 1. The predicted octanol–water partition coefficient (Wildman–Crippen LogP) is 1.51. The van der Waals surface area contributed by atoms with Gasteiger partial charge in [0.1, 0.15) is 6.04 Å². The zero-order valence-electron chi connectivity index (χ0n) is 8.98. The second kappa shape index (κ2) is 6.19. The number of esters is 1.